The van der Waals surface area contributed by atoms with Gasteiger partial charge in [-0.3, -0.25) is 9.69 Å². The SMILES string of the molecule is COc1cc(CN(C)[C@@H](C)C(=O)Nc2ccc(C(C)C)cc2)ccc1OC(F)F. The Labute approximate surface area is 170 Å². The van der Waals surface area contributed by atoms with Crippen molar-refractivity contribution in [3.63, 3.8) is 0 Å². The average molecular weight is 406 g/mol. The Balaban J connectivity index is 2.00. The molecule has 0 aliphatic carbocycles. The van der Waals surface area contributed by atoms with E-state index in [0.29, 0.717) is 12.5 Å². The Morgan fingerprint density at radius 2 is 1.72 bits per heavy atom. The second-order valence-electron chi connectivity index (χ2n) is 7.22. The highest BCUT2D eigenvalue weighted by Gasteiger charge is 2.19. The number of ether oxygens (including phenoxy) is 2. The first kappa shape index (κ1) is 22.6. The van der Waals surface area contributed by atoms with E-state index in [0.717, 1.165) is 11.3 Å². The van der Waals surface area contributed by atoms with Crippen molar-refractivity contribution in [2.75, 3.05) is 19.5 Å². The summed E-state index contributed by atoms with van der Waals surface area (Å²) in [4.78, 5) is 14.4. The van der Waals surface area contributed by atoms with Gasteiger partial charge in [-0.15, -0.1) is 0 Å². The lowest BCUT2D eigenvalue weighted by Crippen LogP contribution is -2.39. The molecule has 2 rings (SSSR count). The molecule has 2 aromatic carbocycles. The number of carbonyl (C=O) groups excluding carboxylic acids is 1. The van der Waals surface area contributed by atoms with Crippen molar-refractivity contribution in [3.05, 3.63) is 53.6 Å². The van der Waals surface area contributed by atoms with E-state index >= 15 is 0 Å². The number of rotatable bonds is 9. The topological polar surface area (TPSA) is 50.8 Å². The zero-order chi connectivity index (χ0) is 21.6. The Morgan fingerprint density at radius 1 is 1.07 bits per heavy atom. The number of likely N-dealkylation sites (N-methyl/N-ethyl adjacent to an activating group) is 1. The summed E-state index contributed by atoms with van der Waals surface area (Å²) in [5.74, 6) is 0.497. The molecule has 0 heterocycles. The van der Waals surface area contributed by atoms with E-state index in [1.54, 1.807) is 12.1 Å². The molecular weight excluding hydrogens is 378 g/mol. The number of anilines is 1. The Morgan fingerprint density at radius 3 is 2.28 bits per heavy atom. The number of halogens is 2. The van der Waals surface area contributed by atoms with E-state index in [-0.39, 0.29) is 17.4 Å². The van der Waals surface area contributed by atoms with E-state index < -0.39 is 12.7 Å². The van der Waals surface area contributed by atoms with Crippen LogP contribution in [0.4, 0.5) is 14.5 Å². The van der Waals surface area contributed by atoms with Gasteiger partial charge in [0.15, 0.2) is 11.5 Å². The maximum absolute atomic E-state index is 12.6. The maximum Gasteiger partial charge on any atom is 0.387 e. The number of nitrogens with one attached hydrogen (secondary N) is 1. The number of benzene rings is 2. The van der Waals surface area contributed by atoms with Crippen LogP contribution >= 0.6 is 0 Å². The van der Waals surface area contributed by atoms with Crippen molar-refractivity contribution in [2.45, 2.75) is 45.9 Å². The first-order valence-corrected chi connectivity index (χ1v) is 9.44. The van der Waals surface area contributed by atoms with Gasteiger partial charge in [0, 0.05) is 12.2 Å². The van der Waals surface area contributed by atoms with Crippen LogP contribution in [-0.2, 0) is 11.3 Å². The van der Waals surface area contributed by atoms with Crippen molar-refractivity contribution in [2.24, 2.45) is 0 Å². The van der Waals surface area contributed by atoms with Gasteiger partial charge in [0.05, 0.1) is 13.2 Å². The molecule has 29 heavy (non-hydrogen) atoms. The summed E-state index contributed by atoms with van der Waals surface area (Å²) in [7, 11) is 3.21. The van der Waals surface area contributed by atoms with Gasteiger partial charge in [-0.1, -0.05) is 32.0 Å². The Kier molecular flexibility index (Phi) is 7.96. The van der Waals surface area contributed by atoms with Crippen molar-refractivity contribution < 1.29 is 23.0 Å². The molecule has 7 heteroatoms. The zero-order valence-corrected chi connectivity index (χ0v) is 17.4. The third-order valence-corrected chi connectivity index (χ3v) is 4.76. The van der Waals surface area contributed by atoms with Gasteiger partial charge in [-0.25, -0.2) is 0 Å². The normalized spacial score (nSPS) is 12.3. The molecule has 0 aromatic heterocycles. The third kappa shape index (κ3) is 6.42. The van der Waals surface area contributed by atoms with Crippen LogP contribution in [0.3, 0.4) is 0 Å². The highest BCUT2D eigenvalue weighted by molar-refractivity contribution is 5.94. The average Bonchev–Trinajstić information content (AvgIpc) is 2.68. The molecule has 0 saturated heterocycles. The molecule has 0 bridgehead atoms. The molecule has 1 N–H and O–H groups in total. The van der Waals surface area contributed by atoms with Crippen LogP contribution in [0.2, 0.25) is 0 Å². The molecule has 1 amide bonds. The lowest BCUT2D eigenvalue weighted by molar-refractivity contribution is -0.120. The molecule has 0 spiro atoms. The van der Waals surface area contributed by atoms with Crippen molar-refractivity contribution in [1.82, 2.24) is 4.90 Å². The highest BCUT2D eigenvalue weighted by Crippen LogP contribution is 2.30. The van der Waals surface area contributed by atoms with Gasteiger partial charge in [-0.05, 0) is 55.3 Å². The van der Waals surface area contributed by atoms with Gasteiger partial charge in [0.25, 0.3) is 0 Å². The quantitative estimate of drug-likeness (QED) is 0.645. The van der Waals surface area contributed by atoms with Crippen LogP contribution in [0.25, 0.3) is 0 Å². The molecule has 5 nitrogen and oxygen atoms in total. The minimum atomic E-state index is -2.92. The molecule has 0 aliphatic rings. The number of alkyl halides is 2. The van der Waals surface area contributed by atoms with Crippen molar-refractivity contribution >= 4 is 11.6 Å². The molecule has 1 atom stereocenters. The third-order valence-electron chi connectivity index (χ3n) is 4.76. The predicted molar refractivity (Wildman–Crippen MR) is 110 cm³/mol. The first-order valence-electron chi connectivity index (χ1n) is 9.44. The molecule has 0 radical (unpaired) electrons. The summed E-state index contributed by atoms with van der Waals surface area (Å²) in [5.41, 5.74) is 2.77. The van der Waals surface area contributed by atoms with Crippen LogP contribution in [0, 0.1) is 0 Å². The molecular formula is C22H28F2N2O3. The largest absolute Gasteiger partial charge is 0.493 e. The van der Waals surface area contributed by atoms with E-state index in [1.165, 1.54) is 18.7 Å². The fourth-order valence-electron chi connectivity index (χ4n) is 2.83. The second-order valence-corrected chi connectivity index (χ2v) is 7.22. The number of carbonyl (C=O) groups is 1. The first-order chi connectivity index (χ1) is 13.7. The number of methoxy groups -OCH3 is 1. The van der Waals surface area contributed by atoms with Crippen molar-refractivity contribution in [1.29, 1.82) is 0 Å². The molecule has 158 valence electrons. The predicted octanol–water partition coefficient (Wildman–Crippen LogP) is 4.88. The monoisotopic (exact) mass is 406 g/mol. The van der Waals surface area contributed by atoms with Crippen LogP contribution < -0.4 is 14.8 Å². The number of hydrogen-bond acceptors (Lipinski definition) is 4. The maximum atomic E-state index is 12.6. The fourth-order valence-corrected chi connectivity index (χ4v) is 2.83. The van der Waals surface area contributed by atoms with Gasteiger partial charge >= 0.3 is 6.61 Å². The molecule has 0 unspecified atom stereocenters. The summed E-state index contributed by atoms with van der Waals surface area (Å²) in [5, 5.41) is 2.92. The van der Waals surface area contributed by atoms with Crippen LogP contribution in [0.1, 0.15) is 37.8 Å². The number of amides is 1. The van der Waals surface area contributed by atoms with Gasteiger partial charge in [0.1, 0.15) is 0 Å². The van der Waals surface area contributed by atoms with Crippen LogP contribution in [0.5, 0.6) is 11.5 Å². The molecule has 2 aromatic rings. The number of hydrogen-bond donors (Lipinski definition) is 1. The second kappa shape index (κ2) is 10.2. The summed E-state index contributed by atoms with van der Waals surface area (Å²) >= 11 is 0. The van der Waals surface area contributed by atoms with E-state index in [2.05, 4.69) is 23.9 Å². The molecule has 0 fully saturated rings. The lowest BCUT2D eigenvalue weighted by atomic mass is 10.0. The summed E-state index contributed by atoms with van der Waals surface area (Å²) < 4.78 is 34.5. The van der Waals surface area contributed by atoms with Crippen LogP contribution in [0.15, 0.2) is 42.5 Å². The van der Waals surface area contributed by atoms with Gasteiger partial charge < -0.3 is 14.8 Å². The zero-order valence-electron chi connectivity index (χ0n) is 17.4. The Hall–Kier alpha value is -2.67. The Bertz CT molecular complexity index is 810. The summed E-state index contributed by atoms with van der Waals surface area (Å²) in [6.07, 6.45) is 0. The standard InChI is InChI=1S/C22H28F2N2O3/c1-14(2)17-7-9-18(10-8-17)25-21(27)15(3)26(4)13-16-6-11-19(29-22(23)24)20(12-16)28-5/h6-12,14-15,22H,13H2,1-5H3,(H,25,27)/t15-/m0/s1. The minimum absolute atomic E-state index is 0.0236. The van der Waals surface area contributed by atoms with Gasteiger partial charge in [-0.2, -0.15) is 8.78 Å². The fraction of sp³-hybridized carbons (Fsp3) is 0.409. The summed E-state index contributed by atoms with van der Waals surface area (Å²) in [6.45, 7) is 3.56. The minimum Gasteiger partial charge on any atom is -0.493 e. The van der Waals surface area contributed by atoms with Crippen LogP contribution in [-0.4, -0.2) is 37.6 Å². The highest BCUT2D eigenvalue weighted by atomic mass is 19.3. The molecule has 0 aliphatic heterocycles. The molecule has 0 saturated carbocycles. The number of nitrogens with zero attached hydrogens (tertiary/aromatic N) is 1. The lowest BCUT2D eigenvalue weighted by Gasteiger charge is -2.24. The summed E-state index contributed by atoms with van der Waals surface area (Å²) in [6, 6.07) is 12.1. The van der Waals surface area contributed by atoms with E-state index in [9.17, 15) is 13.6 Å². The van der Waals surface area contributed by atoms with E-state index in [4.69, 9.17) is 4.74 Å². The van der Waals surface area contributed by atoms with Gasteiger partial charge in [0.2, 0.25) is 5.91 Å². The van der Waals surface area contributed by atoms with Crippen molar-refractivity contribution in [3.8, 4) is 11.5 Å². The van der Waals surface area contributed by atoms with E-state index in [1.807, 2.05) is 43.1 Å². The smallest absolute Gasteiger partial charge is 0.387 e.